The van der Waals surface area contributed by atoms with Crippen LogP contribution in [-0.2, 0) is 11.2 Å². The highest BCUT2D eigenvalue weighted by atomic mass is 16.5. The van der Waals surface area contributed by atoms with Crippen molar-refractivity contribution in [3.8, 4) is 0 Å². The van der Waals surface area contributed by atoms with E-state index in [0.29, 0.717) is 0 Å². The first kappa shape index (κ1) is 12.1. The van der Waals surface area contributed by atoms with Crippen molar-refractivity contribution in [1.29, 1.82) is 0 Å². The summed E-state index contributed by atoms with van der Waals surface area (Å²) < 4.78 is 5.43. The van der Waals surface area contributed by atoms with E-state index in [1.165, 1.54) is 11.1 Å². The number of nitrogens with zero attached hydrogens (tertiary/aromatic N) is 1. The summed E-state index contributed by atoms with van der Waals surface area (Å²) in [6.07, 6.45) is 0.788. The van der Waals surface area contributed by atoms with Gasteiger partial charge in [-0.25, -0.2) is 4.98 Å². The molecule has 0 saturated heterocycles. The number of benzene rings is 1. The molecule has 92 valence electrons. The Bertz CT molecular complexity index is 501. The molecule has 1 N–H and O–H groups in total. The molecule has 0 fully saturated rings. The number of aryl methyl sites for hydroxylation is 2. The van der Waals surface area contributed by atoms with Crippen LogP contribution in [0.1, 0.15) is 30.8 Å². The van der Waals surface area contributed by atoms with Crippen molar-refractivity contribution >= 4 is 11.0 Å². The second-order valence-electron chi connectivity index (χ2n) is 5.28. The standard InChI is InChI=1S/C14H20N2O/c1-9-6-11-12(7-10(9)2)16-13(15-11)8-14(3,4)17-5/h6-7H,8H2,1-5H3,(H,15,16). The molecule has 0 aliphatic carbocycles. The molecule has 0 atom stereocenters. The van der Waals surface area contributed by atoms with Crippen molar-refractivity contribution in [3.05, 3.63) is 29.1 Å². The Labute approximate surface area is 102 Å². The average Bonchev–Trinajstić information content (AvgIpc) is 2.59. The van der Waals surface area contributed by atoms with Crippen LogP contribution in [0, 0.1) is 13.8 Å². The maximum atomic E-state index is 5.43. The summed E-state index contributed by atoms with van der Waals surface area (Å²) in [6.45, 7) is 8.37. The van der Waals surface area contributed by atoms with Gasteiger partial charge in [0.05, 0.1) is 16.6 Å². The number of aromatic nitrogens is 2. The Morgan fingerprint density at radius 1 is 1.24 bits per heavy atom. The van der Waals surface area contributed by atoms with Gasteiger partial charge < -0.3 is 9.72 Å². The Morgan fingerprint density at radius 2 is 1.88 bits per heavy atom. The van der Waals surface area contributed by atoms with Gasteiger partial charge in [0, 0.05) is 13.5 Å². The Balaban J connectivity index is 2.38. The van der Waals surface area contributed by atoms with E-state index < -0.39 is 0 Å². The second-order valence-corrected chi connectivity index (χ2v) is 5.28. The molecular formula is C14H20N2O. The molecular weight excluding hydrogens is 212 g/mol. The Hall–Kier alpha value is -1.35. The molecule has 1 heterocycles. The van der Waals surface area contributed by atoms with Crippen molar-refractivity contribution in [2.24, 2.45) is 0 Å². The topological polar surface area (TPSA) is 37.9 Å². The summed E-state index contributed by atoms with van der Waals surface area (Å²) >= 11 is 0. The number of hydrogen-bond donors (Lipinski definition) is 1. The molecule has 17 heavy (non-hydrogen) atoms. The number of fused-ring (bicyclic) bond motifs is 1. The SMILES string of the molecule is COC(C)(C)Cc1nc2cc(C)c(C)cc2[nH]1. The first-order chi connectivity index (χ1) is 7.91. The molecule has 0 aliphatic rings. The van der Waals surface area contributed by atoms with Crippen molar-refractivity contribution in [2.45, 2.75) is 39.7 Å². The average molecular weight is 232 g/mol. The number of hydrogen-bond acceptors (Lipinski definition) is 2. The van der Waals surface area contributed by atoms with Crippen LogP contribution in [0.4, 0.5) is 0 Å². The van der Waals surface area contributed by atoms with E-state index in [4.69, 9.17) is 4.74 Å². The van der Waals surface area contributed by atoms with Gasteiger partial charge in [0.15, 0.2) is 0 Å². The zero-order chi connectivity index (χ0) is 12.6. The van der Waals surface area contributed by atoms with Crippen molar-refractivity contribution in [3.63, 3.8) is 0 Å². The van der Waals surface area contributed by atoms with Gasteiger partial charge in [0.1, 0.15) is 5.82 Å². The fourth-order valence-corrected chi connectivity index (χ4v) is 1.88. The number of ether oxygens (including phenoxy) is 1. The highest BCUT2D eigenvalue weighted by Crippen LogP contribution is 2.20. The third-order valence-electron chi connectivity index (χ3n) is 3.29. The fraction of sp³-hybridized carbons (Fsp3) is 0.500. The van der Waals surface area contributed by atoms with Crippen LogP contribution in [0.5, 0.6) is 0 Å². The summed E-state index contributed by atoms with van der Waals surface area (Å²) in [4.78, 5) is 7.98. The quantitative estimate of drug-likeness (QED) is 0.882. The predicted molar refractivity (Wildman–Crippen MR) is 70.4 cm³/mol. The van der Waals surface area contributed by atoms with Crippen molar-refractivity contribution < 1.29 is 4.74 Å². The van der Waals surface area contributed by atoms with E-state index in [1.807, 2.05) is 0 Å². The lowest BCUT2D eigenvalue weighted by Crippen LogP contribution is -2.26. The monoisotopic (exact) mass is 232 g/mol. The number of H-pyrrole nitrogens is 1. The minimum atomic E-state index is -0.183. The van der Waals surface area contributed by atoms with Gasteiger partial charge in [0.2, 0.25) is 0 Å². The molecule has 0 spiro atoms. The van der Waals surface area contributed by atoms with Crippen LogP contribution in [0.3, 0.4) is 0 Å². The zero-order valence-electron chi connectivity index (χ0n) is 11.2. The van der Waals surface area contributed by atoms with Crippen LogP contribution >= 0.6 is 0 Å². The largest absolute Gasteiger partial charge is 0.378 e. The molecule has 0 bridgehead atoms. The van der Waals surface area contributed by atoms with Gasteiger partial charge >= 0.3 is 0 Å². The lowest BCUT2D eigenvalue weighted by molar-refractivity contribution is 0.0218. The van der Waals surface area contributed by atoms with E-state index in [-0.39, 0.29) is 5.60 Å². The molecule has 0 amide bonds. The third-order valence-corrected chi connectivity index (χ3v) is 3.29. The van der Waals surface area contributed by atoms with E-state index in [1.54, 1.807) is 7.11 Å². The van der Waals surface area contributed by atoms with E-state index in [2.05, 4.69) is 49.8 Å². The normalized spacial score (nSPS) is 12.3. The minimum Gasteiger partial charge on any atom is -0.378 e. The maximum Gasteiger partial charge on any atom is 0.110 e. The van der Waals surface area contributed by atoms with Crippen LogP contribution in [0.2, 0.25) is 0 Å². The van der Waals surface area contributed by atoms with Gasteiger partial charge in [-0.3, -0.25) is 0 Å². The minimum absolute atomic E-state index is 0.183. The highest BCUT2D eigenvalue weighted by Gasteiger charge is 2.19. The van der Waals surface area contributed by atoms with E-state index >= 15 is 0 Å². The lowest BCUT2D eigenvalue weighted by atomic mass is 10.1. The van der Waals surface area contributed by atoms with Crippen LogP contribution < -0.4 is 0 Å². The summed E-state index contributed by atoms with van der Waals surface area (Å²) in [5.41, 5.74) is 4.53. The predicted octanol–water partition coefficient (Wildman–Crippen LogP) is 3.15. The second kappa shape index (κ2) is 4.15. The van der Waals surface area contributed by atoms with Gasteiger partial charge in [-0.2, -0.15) is 0 Å². The van der Waals surface area contributed by atoms with Crippen molar-refractivity contribution in [2.75, 3.05) is 7.11 Å². The van der Waals surface area contributed by atoms with Crippen LogP contribution in [-0.4, -0.2) is 22.7 Å². The van der Waals surface area contributed by atoms with Gasteiger partial charge in [-0.15, -0.1) is 0 Å². The zero-order valence-corrected chi connectivity index (χ0v) is 11.2. The molecule has 2 rings (SSSR count). The molecule has 2 aromatic rings. The molecule has 3 nitrogen and oxygen atoms in total. The van der Waals surface area contributed by atoms with Crippen LogP contribution in [0.25, 0.3) is 11.0 Å². The number of aromatic amines is 1. The molecule has 1 aromatic heterocycles. The summed E-state index contributed by atoms with van der Waals surface area (Å²) in [5.74, 6) is 0.983. The lowest BCUT2D eigenvalue weighted by Gasteiger charge is -2.21. The third kappa shape index (κ3) is 2.50. The molecule has 3 heteroatoms. The van der Waals surface area contributed by atoms with Gasteiger partial charge in [0.25, 0.3) is 0 Å². The molecule has 0 aliphatic heterocycles. The number of nitrogens with one attached hydrogen (secondary N) is 1. The fourth-order valence-electron chi connectivity index (χ4n) is 1.88. The first-order valence-corrected chi connectivity index (χ1v) is 5.92. The smallest absolute Gasteiger partial charge is 0.110 e. The summed E-state index contributed by atoms with van der Waals surface area (Å²) in [7, 11) is 1.73. The molecule has 0 unspecified atom stereocenters. The number of rotatable bonds is 3. The molecule has 1 aromatic carbocycles. The van der Waals surface area contributed by atoms with Gasteiger partial charge in [-0.1, -0.05) is 0 Å². The summed E-state index contributed by atoms with van der Waals surface area (Å²) in [6, 6.07) is 4.28. The maximum absolute atomic E-state index is 5.43. The first-order valence-electron chi connectivity index (χ1n) is 5.92. The van der Waals surface area contributed by atoms with E-state index in [0.717, 1.165) is 23.3 Å². The Kier molecular flexibility index (Phi) is 2.96. The molecule has 0 saturated carbocycles. The van der Waals surface area contributed by atoms with Crippen molar-refractivity contribution in [1.82, 2.24) is 9.97 Å². The van der Waals surface area contributed by atoms with Crippen LogP contribution in [0.15, 0.2) is 12.1 Å². The molecule has 0 radical (unpaired) electrons. The number of imidazole rings is 1. The number of methoxy groups -OCH3 is 1. The van der Waals surface area contributed by atoms with E-state index in [9.17, 15) is 0 Å². The summed E-state index contributed by atoms with van der Waals surface area (Å²) in [5, 5.41) is 0. The van der Waals surface area contributed by atoms with Gasteiger partial charge in [-0.05, 0) is 51.0 Å². The Morgan fingerprint density at radius 3 is 2.53 bits per heavy atom. The highest BCUT2D eigenvalue weighted by molar-refractivity contribution is 5.77.